The lowest BCUT2D eigenvalue weighted by Gasteiger charge is -2.32. The number of carbonyl (C=O) groups excluding carboxylic acids is 2. The van der Waals surface area contributed by atoms with Gasteiger partial charge in [-0.3, -0.25) is 13.9 Å². The van der Waals surface area contributed by atoms with E-state index in [1.165, 1.54) is 24.1 Å². The molecule has 2 amide bonds. The van der Waals surface area contributed by atoms with Crippen molar-refractivity contribution in [2.75, 3.05) is 25.1 Å². The van der Waals surface area contributed by atoms with Crippen LogP contribution in [-0.4, -0.2) is 58.0 Å². The summed E-state index contributed by atoms with van der Waals surface area (Å²) in [7, 11) is -1.07. The van der Waals surface area contributed by atoms with Crippen molar-refractivity contribution >= 4 is 27.5 Å². The Morgan fingerprint density at radius 3 is 2.00 bits per heavy atom. The van der Waals surface area contributed by atoms with Crippen molar-refractivity contribution in [3.8, 4) is 11.5 Å². The lowest BCUT2D eigenvalue weighted by atomic mass is 10.1. The third-order valence-corrected chi connectivity index (χ3v) is 9.14. The van der Waals surface area contributed by atoms with Crippen LogP contribution in [0.3, 0.4) is 0 Å². The molecule has 1 saturated carbocycles. The molecular weight excluding hydrogens is 542 g/mol. The summed E-state index contributed by atoms with van der Waals surface area (Å²) in [6, 6.07) is 20.9. The number of hydrogen-bond donors (Lipinski definition) is 1. The fraction of sp³-hybridized carbons (Fsp3) is 0.355. The zero-order chi connectivity index (χ0) is 29.4. The minimum Gasteiger partial charge on any atom is -0.497 e. The number of carbonyl (C=O) groups is 2. The highest BCUT2D eigenvalue weighted by Crippen LogP contribution is 2.26. The van der Waals surface area contributed by atoms with Gasteiger partial charge in [-0.15, -0.1) is 0 Å². The summed E-state index contributed by atoms with van der Waals surface area (Å²) in [5.74, 6) is 0.414. The molecule has 0 aliphatic heterocycles. The first-order chi connectivity index (χ1) is 19.7. The quantitative estimate of drug-likeness (QED) is 0.342. The summed E-state index contributed by atoms with van der Waals surface area (Å²) < 4.78 is 39.3. The Hall–Kier alpha value is -4.05. The van der Waals surface area contributed by atoms with Gasteiger partial charge in [-0.25, -0.2) is 8.42 Å². The molecule has 218 valence electrons. The number of rotatable bonds is 12. The highest BCUT2D eigenvalue weighted by Gasteiger charge is 2.33. The van der Waals surface area contributed by atoms with Crippen LogP contribution in [0.25, 0.3) is 0 Å². The van der Waals surface area contributed by atoms with E-state index in [0.717, 1.165) is 35.6 Å². The molecule has 3 aromatic carbocycles. The number of nitrogens with one attached hydrogen (secondary N) is 1. The van der Waals surface area contributed by atoms with Gasteiger partial charge >= 0.3 is 0 Å². The van der Waals surface area contributed by atoms with E-state index in [2.05, 4.69) is 5.32 Å². The maximum atomic E-state index is 14.0. The lowest BCUT2D eigenvalue weighted by Crippen LogP contribution is -2.52. The Morgan fingerprint density at radius 1 is 0.878 bits per heavy atom. The molecule has 3 aromatic rings. The molecule has 0 aromatic heterocycles. The van der Waals surface area contributed by atoms with Gasteiger partial charge in [-0.1, -0.05) is 43.2 Å². The molecule has 41 heavy (non-hydrogen) atoms. The molecule has 9 nitrogen and oxygen atoms in total. The fourth-order valence-corrected chi connectivity index (χ4v) is 6.31. The molecule has 0 bridgehead atoms. The van der Waals surface area contributed by atoms with Gasteiger partial charge in [-0.2, -0.15) is 0 Å². The van der Waals surface area contributed by atoms with Crippen molar-refractivity contribution in [2.24, 2.45) is 0 Å². The molecule has 1 aliphatic rings. The fourth-order valence-electron chi connectivity index (χ4n) is 4.90. The molecule has 0 saturated heterocycles. The Kier molecular flexibility index (Phi) is 9.88. The summed E-state index contributed by atoms with van der Waals surface area (Å²) in [5.41, 5.74) is 1.12. The van der Waals surface area contributed by atoms with Gasteiger partial charge in [0.1, 0.15) is 24.1 Å². The van der Waals surface area contributed by atoms with E-state index in [1.54, 1.807) is 68.6 Å². The van der Waals surface area contributed by atoms with Crippen molar-refractivity contribution in [2.45, 2.75) is 56.1 Å². The molecule has 1 atom stereocenters. The second-order valence-electron chi connectivity index (χ2n) is 10.1. The predicted molar refractivity (Wildman–Crippen MR) is 157 cm³/mol. The van der Waals surface area contributed by atoms with Crippen LogP contribution < -0.4 is 19.1 Å². The maximum Gasteiger partial charge on any atom is 0.264 e. The van der Waals surface area contributed by atoms with E-state index in [4.69, 9.17) is 9.47 Å². The molecule has 1 fully saturated rings. The summed E-state index contributed by atoms with van der Waals surface area (Å²) in [5, 5.41) is 3.07. The van der Waals surface area contributed by atoms with Crippen LogP contribution >= 0.6 is 0 Å². The number of anilines is 1. The van der Waals surface area contributed by atoms with E-state index in [1.807, 2.05) is 12.1 Å². The second-order valence-corrected chi connectivity index (χ2v) is 11.9. The average molecular weight is 580 g/mol. The van der Waals surface area contributed by atoms with E-state index in [9.17, 15) is 18.0 Å². The second kappa shape index (κ2) is 13.5. The van der Waals surface area contributed by atoms with Gasteiger partial charge < -0.3 is 19.7 Å². The van der Waals surface area contributed by atoms with Gasteiger partial charge in [0.15, 0.2) is 0 Å². The van der Waals surface area contributed by atoms with Crippen LogP contribution in [0, 0.1) is 0 Å². The number of ether oxygens (including phenoxy) is 2. The van der Waals surface area contributed by atoms with Gasteiger partial charge in [0.2, 0.25) is 11.8 Å². The monoisotopic (exact) mass is 579 g/mol. The lowest BCUT2D eigenvalue weighted by molar-refractivity contribution is -0.139. The summed E-state index contributed by atoms with van der Waals surface area (Å²) in [6.45, 7) is 1.30. The Morgan fingerprint density at radius 2 is 1.44 bits per heavy atom. The minimum absolute atomic E-state index is 0.0173. The first kappa shape index (κ1) is 29.9. The van der Waals surface area contributed by atoms with Gasteiger partial charge in [0, 0.05) is 12.6 Å². The molecule has 1 N–H and O–H groups in total. The van der Waals surface area contributed by atoms with Crippen molar-refractivity contribution in [3.63, 3.8) is 0 Å². The Balaban J connectivity index is 1.66. The first-order valence-electron chi connectivity index (χ1n) is 13.7. The maximum absolute atomic E-state index is 14.0. The average Bonchev–Trinajstić information content (AvgIpc) is 3.52. The number of para-hydroxylation sites is 1. The van der Waals surface area contributed by atoms with Crippen molar-refractivity contribution in [1.82, 2.24) is 10.2 Å². The number of sulfonamides is 1. The molecule has 0 radical (unpaired) electrons. The minimum atomic E-state index is -4.14. The molecule has 0 heterocycles. The summed E-state index contributed by atoms with van der Waals surface area (Å²) in [4.78, 5) is 28.8. The van der Waals surface area contributed by atoms with Crippen LogP contribution in [-0.2, 0) is 26.2 Å². The zero-order valence-electron chi connectivity index (χ0n) is 23.7. The first-order valence-corrected chi connectivity index (χ1v) is 15.1. The summed E-state index contributed by atoms with van der Waals surface area (Å²) >= 11 is 0. The zero-order valence-corrected chi connectivity index (χ0v) is 24.5. The summed E-state index contributed by atoms with van der Waals surface area (Å²) in [6.07, 6.45) is 3.94. The predicted octanol–water partition coefficient (Wildman–Crippen LogP) is 4.38. The molecule has 1 aliphatic carbocycles. The standard InChI is InChI=1S/C31H37N3O6S/c1-23(31(36)32-25-9-7-8-10-25)33(21-24-13-15-27(39-2)16-14-24)30(35)22-34(26-11-5-4-6-12-26)41(37,38)29-19-17-28(40-3)18-20-29/h4-6,11-20,23,25H,7-10,21-22H2,1-3H3,(H,32,36). The van der Waals surface area contributed by atoms with E-state index in [-0.39, 0.29) is 23.4 Å². The smallest absolute Gasteiger partial charge is 0.264 e. The van der Waals surface area contributed by atoms with Crippen LogP contribution in [0.15, 0.2) is 83.8 Å². The number of nitrogens with zero attached hydrogens (tertiary/aromatic N) is 2. The Bertz CT molecular complexity index is 1410. The van der Waals surface area contributed by atoms with Crippen LogP contribution in [0.2, 0.25) is 0 Å². The van der Waals surface area contributed by atoms with Gasteiger partial charge in [-0.05, 0) is 73.9 Å². The third kappa shape index (κ3) is 7.38. The largest absolute Gasteiger partial charge is 0.497 e. The van der Waals surface area contributed by atoms with E-state index >= 15 is 0 Å². The molecule has 4 rings (SSSR count). The molecule has 1 unspecified atom stereocenters. The van der Waals surface area contributed by atoms with E-state index < -0.39 is 28.5 Å². The molecule has 0 spiro atoms. The van der Waals surface area contributed by atoms with Crippen LogP contribution in [0.5, 0.6) is 11.5 Å². The Labute approximate surface area is 242 Å². The number of hydrogen-bond acceptors (Lipinski definition) is 6. The van der Waals surface area contributed by atoms with E-state index in [0.29, 0.717) is 17.2 Å². The highest BCUT2D eigenvalue weighted by atomic mass is 32.2. The molecular formula is C31H37N3O6S. The van der Waals surface area contributed by atoms with Crippen molar-refractivity contribution in [3.05, 3.63) is 84.4 Å². The third-order valence-electron chi connectivity index (χ3n) is 7.35. The normalized spacial score (nSPS) is 14.2. The topological polar surface area (TPSA) is 105 Å². The van der Waals surface area contributed by atoms with Gasteiger partial charge in [0.25, 0.3) is 10.0 Å². The SMILES string of the molecule is COc1ccc(CN(C(=O)CN(c2ccccc2)S(=O)(=O)c2ccc(OC)cc2)C(C)C(=O)NC2CCCC2)cc1. The molecule has 10 heteroatoms. The van der Waals surface area contributed by atoms with Crippen LogP contribution in [0.4, 0.5) is 5.69 Å². The highest BCUT2D eigenvalue weighted by molar-refractivity contribution is 7.92. The number of methoxy groups -OCH3 is 2. The van der Waals surface area contributed by atoms with Crippen molar-refractivity contribution < 1.29 is 27.5 Å². The van der Waals surface area contributed by atoms with Gasteiger partial charge in [0.05, 0.1) is 24.8 Å². The van der Waals surface area contributed by atoms with Crippen molar-refractivity contribution in [1.29, 1.82) is 0 Å². The number of benzene rings is 3. The number of amides is 2. The van der Waals surface area contributed by atoms with Crippen LogP contribution in [0.1, 0.15) is 38.2 Å².